The summed E-state index contributed by atoms with van der Waals surface area (Å²) in [5.41, 5.74) is 2.77. The van der Waals surface area contributed by atoms with E-state index in [1.165, 1.54) is 17.7 Å². The van der Waals surface area contributed by atoms with E-state index in [1.807, 2.05) is 31.2 Å². The number of rotatable bonds is 5. The molecule has 116 valence electrons. The topological polar surface area (TPSA) is 49.8 Å². The van der Waals surface area contributed by atoms with Gasteiger partial charge >= 0.3 is 0 Å². The van der Waals surface area contributed by atoms with Crippen LogP contribution in [0.4, 0.5) is 21.8 Å². The van der Waals surface area contributed by atoms with Crippen molar-refractivity contribution in [2.24, 2.45) is 0 Å². The van der Waals surface area contributed by atoms with Crippen molar-refractivity contribution >= 4 is 17.5 Å². The van der Waals surface area contributed by atoms with Gasteiger partial charge in [-0.3, -0.25) is 0 Å². The molecule has 2 aromatic carbocycles. The molecule has 0 radical (unpaired) electrons. The zero-order valence-electron chi connectivity index (χ0n) is 12.8. The summed E-state index contributed by atoms with van der Waals surface area (Å²) in [6.07, 6.45) is 0. The van der Waals surface area contributed by atoms with Crippen molar-refractivity contribution in [3.8, 4) is 0 Å². The SMILES string of the molecule is Cc1cc(NCc2ccccc2)nc(Nc2ccc(F)cc2)n1. The quantitative estimate of drug-likeness (QED) is 0.738. The highest BCUT2D eigenvalue weighted by atomic mass is 19.1. The number of halogens is 1. The number of benzene rings is 2. The number of hydrogen-bond donors (Lipinski definition) is 2. The Morgan fingerprint density at radius 1 is 0.957 bits per heavy atom. The lowest BCUT2D eigenvalue weighted by Crippen LogP contribution is -2.05. The van der Waals surface area contributed by atoms with E-state index in [9.17, 15) is 4.39 Å². The van der Waals surface area contributed by atoms with Crippen molar-refractivity contribution < 1.29 is 4.39 Å². The summed E-state index contributed by atoms with van der Waals surface area (Å²) in [5.74, 6) is 0.948. The third kappa shape index (κ3) is 4.26. The Morgan fingerprint density at radius 2 is 1.70 bits per heavy atom. The smallest absolute Gasteiger partial charge is 0.229 e. The van der Waals surface area contributed by atoms with Crippen LogP contribution in [0.2, 0.25) is 0 Å². The van der Waals surface area contributed by atoms with Gasteiger partial charge in [0.15, 0.2) is 0 Å². The fourth-order valence-corrected chi connectivity index (χ4v) is 2.17. The Hall–Kier alpha value is -2.95. The first-order valence-corrected chi connectivity index (χ1v) is 7.35. The van der Waals surface area contributed by atoms with Gasteiger partial charge in [-0.25, -0.2) is 9.37 Å². The van der Waals surface area contributed by atoms with E-state index in [-0.39, 0.29) is 5.82 Å². The molecule has 0 atom stereocenters. The van der Waals surface area contributed by atoms with Crippen LogP contribution >= 0.6 is 0 Å². The minimum absolute atomic E-state index is 0.272. The van der Waals surface area contributed by atoms with E-state index in [1.54, 1.807) is 12.1 Å². The third-order valence-corrected chi connectivity index (χ3v) is 3.27. The van der Waals surface area contributed by atoms with E-state index in [2.05, 4.69) is 32.7 Å². The number of aromatic nitrogens is 2. The lowest BCUT2D eigenvalue weighted by molar-refractivity contribution is 0.628. The van der Waals surface area contributed by atoms with Gasteiger partial charge in [-0.15, -0.1) is 0 Å². The minimum atomic E-state index is -0.272. The normalized spacial score (nSPS) is 10.3. The Kier molecular flexibility index (Phi) is 4.47. The van der Waals surface area contributed by atoms with Gasteiger partial charge in [0.05, 0.1) is 0 Å². The zero-order chi connectivity index (χ0) is 16.1. The van der Waals surface area contributed by atoms with Gasteiger partial charge in [-0.1, -0.05) is 30.3 Å². The predicted molar refractivity (Wildman–Crippen MR) is 90.2 cm³/mol. The Bertz CT molecular complexity index is 773. The van der Waals surface area contributed by atoms with E-state index in [0.29, 0.717) is 12.5 Å². The van der Waals surface area contributed by atoms with Crippen molar-refractivity contribution in [3.05, 3.63) is 77.7 Å². The Balaban J connectivity index is 1.72. The molecule has 0 aliphatic rings. The fraction of sp³-hybridized carbons (Fsp3) is 0.111. The second-order valence-corrected chi connectivity index (χ2v) is 5.19. The van der Waals surface area contributed by atoms with E-state index in [0.717, 1.165) is 17.2 Å². The van der Waals surface area contributed by atoms with Gasteiger partial charge in [0.1, 0.15) is 11.6 Å². The van der Waals surface area contributed by atoms with Crippen LogP contribution in [0.5, 0.6) is 0 Å². The summed E-state index contributed by atoms with van der Waals surface area (Å²) in [6.45, 7) is 2.60. The molecule has 1 aromatic heterocycles. The number of nitrogens with zero attached hydrogens (tertiary/aromatic N) is 2. The van der Waals surface area contributed by atoms with Crippen LogP contribution < -0.4 is 10.6 Å². The predicted octanol–water partition coefficient (Wildman–Crippen LogP) is 4.28. The molecule has 0 aliphatic heterocycles. The lowest BCUT2D eigenvalue weighted by atomic mass is 10.2. The maximum atomic E-state index is 12.9. The average molecular weight is 308 g/mol. The Morgan fingerprint density at radius 3 is 2.43 bits per heavy atom. The molecule has 0 bridgehead atoms. The molecular weight excluding hydrogens is 291 g/mol. The maximum Gasteiger partial charge on any atom is 0.229 e. The zero-order valence-corrected chi connectivity index (χ0v) is 12.8. The van der Waals surface area contributed by atoms with Gasteiger partial charge in [0.25, 0.3) is 0 Å². The van der Waals surface area contributed by atoms with Crippen LogP contribution in [-0.4, -0.2) is 9.97 Å². The molecule has 3 aromatic rings. The van der Waals surface area contributed by atoms with Crippen LogP contribution in [0.1, 0.15) is 11.3 Å². The molecule has 0 unspecified atom stereocenters. The molecule has 0 fully saturated rings. The minimum Gasteiger partial charge on any atom is -0.366 e. The van der Waals surface area contributed by atoms with Crippen molar-refractivity contribution in [1.82, 2.24) is 9.97 Å². The number of nitrogens with one attached hydrogen (secondary N) is 2. The second kappa shape index (κ2) is 6.87. The molecule has 0 amide bonds. The first-order valence-electron chi connectivity index (χ1n) is 7.35. The van der Waals surface area contributed by atoms with Crippen LogP contribution in [0, 0.1) is 12.7 Å². The fourth-order valence-electron chi connectivity index (χ4n) is 2.17. The largest absolute Gasteiger partial charge is 0.366 e. The summed E-state index contributed by atoms with van der Waals surface area (Å²) < 4.78 is 12.9. The number of aryl methyl sites for hydroxylation is 1. The number of hydrogen-bond acceptors (Lipinski definition) is 4. The highest BCUT2D eigenvalue weighted by Crippen LogP contribution is 2.16. The molecule has 0 aliphatic carbocycles. The van der Waals surface area contributed by atoms with Crippen molar-refractivity contribution in [2.75, 3.05) is 10.6 Å². The van der Waals surface area contributed by atoms with Gasteiger partial charge in [-0.2, -0.15) is 4.98 Å². The first-order chi connectivity index (χ1) is 11.2. The monoisotopic (exact) mass is 308 g/mol. The van der Waals surface area contributed by atoms with Gasteiger partial charge in [-0.05, 0) is 36.8 Å². The molecule has 23 heavy (non-hydrogen) atoms. The van der Waals surface area contributed by atoms with E-state index in [4.69, 9.17) is 0 Å². The van der Waals surface area contributed by atoms with E-state index >= 15 is 0 Å². The van der Waals surface area contributed by atoms with E-state index < -0.39 is 0 Å². The molecule has 2 N–H and O–H groups in total. The molecule has 0 spiro atoms. The summed E-state index contributed by atoms with van der Waals surface area (Å²) >= 11 is 0. The highest BCUT2D eigenvalue weighted by molar-refractivity contribution is 5.55. The standard InChI is InChI=1S/C18H17FN4/c1-13-11-17(20-12-14-5-3-2-4-6-14)23-18(21-13)22-16-9-7-15(19)8-10-16/h2-11H,12H2,1H3,(H2,20,21,22,23). The van der Waals surface area contributed by atoms with Crippen LogP contribution in [0.15, 0.2) is 60.7 Å². The lowest BCUT2D eigenvalue weighted by Gasteiger charge is -2.10. The molecule has 4 nitrogen and oxygen atoms in total. The molecule has 0 saturated carbocycles. The van der Waals surface area contributed by atoms with Crippen molar-refractivity contribution in [2.45, 2.75) is 13.5 Å². The highest BCUT2D eigenvalue weighted by Gasteiger charge is 2.03. The molecule has 3 rings (SSSR count). The number of anilines is 3. The van der Waals surface area contributed by atoms with Crippen LogP contribution in [0.25, 0.3) is 0 Å². The first kappa shape index (κ1) is 15.0. The van der Waals surface area contributed by atoms with Gasteiger partial charge in [0.2, 0.25) is 5.95 Å². The molecule has 0 saturated heterocycles. The summed E-state index contributed by atoms with van der Waals surface area (Å²) in [6, 6.07) is 18.1. The second-order valence-electron chi connectivity index (χ2n) is 5.19. The summed E-state index contributed by atoms with van der Waals surface area (Å²) in [5, 5.41) is 6.37. The summed E-state index contributed by atoms with van der Waals surface area (Å²) in [7, 11) is 0. The van der Waals surface area contributed by atoms with Crippen molar-refractivity contribution in [3.63, 3.8) is 0 Å². The molecular formula is C18H17FN4. The molecule has 5 heteroatoms. The van der Waals surface area contributed by atoms with Gasteiger partial charge < -0.3 is 10.6 Å². The third-order valence-electron chi connectivity index (χ3n) is 3.27. The van der Waals surface area contributed by atoms with Crippen LogP contribution in [-0.2, 0) is 6.54 Å². The molecule has 1 heterocycles. The maximum absolute atomic E-state index is 12.9. The average Bonchev–Trinajstić information content (AvgIpc) is 2.56. The van der Waals surface area contributed by atoms with Crippen LogP contribution in [0.3, 0.4) is 0 Å². The van der Waals surface area contributed by atoms with Gasteiger partial charge in [0, 0.05) is 24.0 Å². The summed E-state index contributed by atoms with van der Waals surface area (Å²) in [4.78, 5) is 8.79. The Labute approximate surface area is 134 Å². The van der Waals surface area contributed by atoms with Crippen molar-refractivity contribution in [1.29, 1.82) is 0 Å².